The first-order valence-electron chi connectivity index (χ1n) is 7.80. The number of aryl methyl sites for hydroxylation is 1. The molecule has 0 aliphatic carbocycles. The van der Waals surface area contributed by atoms with E-state index in [0.29, 0.717) is 23.5 Å². The lowest BCUT2D eigenvalue weighted by atomic mass is 10.2. The molecule has 0 bridgehead atoms. The van der Waals surface area contributed by atoms with Crippen molar-refractivity contribution in [3.63, 3.8) is 0 Å². The molecule has 6 heteroatoms. The zero-order chi connectivity index (χ0) is 17.8. The van der Waals surface area contributed by atoms with Gasteiger partial charge in [0.25, 0.3) is 0 Å². The van der Waals surface area contributed by atoms with Crippen LogP contribution in [0.15, 0.2) is 54.6 Å². The van der Waals surface area contributed by atoms with Crippen molar-refractivity contribution < 1.29 is 14.3 Å². The van der Waals surface area contributed by atoms with Gasteiger partial charge in [0, 0.05) is 17.4 Å². The highest BCUT2D eigenvalue weighted by molar-refractivity contribution is 5.89. The first kappa shape index (κ1) is 16.6. The molecule has 0 aliphatic heterocycles. The number of rotatable bonds is 5. The number of anilines is 2. The topological polar surface area (TPSA) is 75.1 Å². The summed E-state index contributed by atoms with van der Waals surface area (Å²) in [6, 6.07) is 14.5. The third-order valence-corrected chi connectivity index (χ3v) is 3.64. The van der Waals surface area contributed by atoms with Crippen LogP contribution in [0.25, 0.3) is 11.4 Å². The van der Waals surface area contributed by atoms with Crippen molar-refractivity contribution in [2.75, 3.05) is 5.32 Å². The summed E-state index contributed by atoms with van der Waals surface area (Å²) in [7, 11) is 0. The third-order valence-electron chi connectivity index (χ3n) is 3.64. The fourth-order valence-electron chi connectivity index (χ4n) is 2.38. The highest BCUT2D eigenvalue weighted by Crippen LogP contribution is 2.23. The molecule has 0 radical (unpaired) electrons. The molecule has 3 aromatic rings. The summed E-state index contributed by atoms with van der Waals surface area (Å²) in [6.07, 6.45) is 0.661. The highest BCUT2D eigenvalue weighted by atomic mass is 19.1. The summed E-state index contributed by atoms with van der Waals surface area (Å²) in [4.78, 5) is 19.8. The number of carbonyl (C=O) groups is 1. The number of carboxylic acid groups (broad SMARTS) is 1. The van der Waals surface area contributed by atoms with Gasteiger partial charge < -0.3 is 10.4 Å². The number of hydrogen-bond donors (Lipinski definition) is 2. The van der Waals surface area contributed by atoms with Crippen LogP contribution in [-0.2, 0) is 6.42 Å². The highest BCUT2D eigenvalue weighted by Gasteiger charge is 2.11. The molecule has 0 atom stereocenters. The molecular formula is C19H16FN3O2. The number of aromatic nitrogens is 2. The van der Waals surface area contributed by atoms with E-state index in [4.69, 9.17) is 5.11 Å². The third kappa shape index (κ3) is 3.80. The molecule has 0 aliphatic rings. The molecule has 2 N–H and O–H groups in total. The number of hydrogen-bond acceptors (Lipinski definition) is 4. The van der Waals surface area contributed by atoms with Crippen molar-refractivity contribution in [2.45, 2.75) is 13.3 Å². The van der Waals surface area contributed by atoms with E-state index in [1.54, 1.807) is 36.4 Å². The second-order valence-corrected chi connectivity index (χ2v) is 5.41. The van der Waals surface area contributed by atoms with E-state index < -0.39 is 11.8 Å². The number of halogens is 1. The second-order valence-electron chi connectivity index (χ2n) is 5.41. The first-order valence-corrected chi connectivity index (χ1v) is 7.80. The Bertz CT molecular complexity index is 928. The average Bonchev–Trinajstić information content (AvgIpc) is 2.62. The van der Waals surface area contributed by atoms with Gasteiger partial charge in [-0.2, -0.15) is 0 Å². The van der Waals surface area contributed by atoms with Crippen molar-refractivity contribution in [1.82, 2.24) is 9.97 Å². The monoisotopic (exact) mass is 337 g/mol. The Morgan fingerprint density at radius 1 is 1.12 bits per heavy atom. The standard InChI is InChI=1S/C19H16FN3O2/c1-2-13-11-17(21-14-7-5-6-12(10-14)19(24)25)23-18(22-13)15-8-3-4-9-16(15)20/h3-11H,2H2,1H3,(H,24,25)(H,21,22,23). The van der Waals surface area contributed by atoms with Crippen LogP contribution in [0.5, 0.6) is 0 Å². The van der Waals surface area contributed by atoms with Gasteiger partial charge in [0.1, 0.15) is 11.6 Å². The summed E-state index contributed by atoms with van der Waals surface area (Å²) in [6.45, 7) is 1.95. The van der Waals surface area contributed by atoms with Crippen LogP contribution in [0.2, 0.25) is 0 Å². The zero-order valence-electron chi connectivity index (χ0n) is 13.5. The number of aromatic carboxylic acids is 1. The number of nitrogens with one attached hydrogen (secondary N) is 1. The van der Waals surface area contributed by atoms with Crippen LogP contribution in [0.4, 0.5) is 15.9 Å². The number of carboxylic acids is 1. The maximum atomic E-state index is 14.0. The second kappa shape index (κ2) is 7.09. The smallest absolute Gasteiger partial charge is 0.335 e. The predicted molar refractivity (Wildman–Crippen MR) is 93.5 cm³/mol. The van der Waals surface area contributed by atoms with E-state index in [1.165, 1.54) is 18.2 Å². The molecule has 0 saturated heterocycles. The molecule has 1 aromatic heterocycles. The van der Waals surface area contributed by atoms with E-state index >= 15 is 0 Å². The molecule has 0 amide bonds. The van der Waals surface area contributed by atoms with Crippen molar-refractivity contribution >= 4 is 17.5 Å². The molecule has 3 rings (SSSR count). The van der Waals surface area contributed by atoms with Crippen molar-refractivity contribution in [2.24, 2.45) is 0 Å². The Labute approximate surface area is 144 Å². The molecule has 1 heterocycles. The van der Waals surface area contributed by atoms with Gasteiger partial charge in [-0.1, -0.05) is 25.1 Å². The van der Waals surface area contributed by atoms with Gasteiger partial charge in [-0.3, -0.25) is 0 Å². The van der Waals surface area contributed by atoms with Gasteiger partial charge in [-0.25, -0.2) is 19.2 Å². The van der Waals surface area contributed by atoms with Gasteiger partial charge in [0.15, 0.2) is 5.82 Å². The van der Waals surface area contributed by atoms with Crippen LogP contribution in [0.3, 0.4) is 0 Å². The Kier molecular flexibility index (Phi) is 4.70. The van der Waals surface area contributed by atoms with Crippen LogP contribution < -0.4 is 5.32 Å². The maximum Gasteiger partial charge on any atom is 0.335 e. The van der Waals surface area contributed by atoms with Crippen LogP contribution in [0, 0.1) is 5.82 Å². The molecule has 2 aromatic carbocycles. The Morgan fingerprint density at radius 3 is 2.64 bits per heavy atom. The molecule has 0 unspecified atom stereocenters. The van der Waals surface area contributed by atoms with Crippen molar-refractivity contribution in [1.29, 1.82) is 0 Å². The van der Waals surface area contributed by atoms with Gasteiger partial charge >= 0.3 is 5.97 Å². The molecule has 126 valence electrons. The minimum atomic E-state index is -1.01. The first-order chi connectivity index (χ1) is 12.1. The minimum Gasteiger partial charge on any atom is -0.478 e. The molecule has 25 heavy (non-hydrogen) atoms. The Hall–Kier alpha value is -3.28. The lowest BCUT2D eigenvalue weighted by Gasteiger charge is -2.10. The van der Waals surface area contributed by atoms with E-state index in [0.717, 1.165) is 5.69 Å². The van der Waals surface area contributed by atoms with Crippen LogP contribution >= 0.6 is 0 Å². The zero-order valence-corrected chi connectivity index (χ0v) is 13.5. The molecule has 0 spiro atoms. The summed E-state index contributed by atoms with van der Waals surface area (Å²) < 4.78 is 14.0. The van der Waals surface area contributed by atoms with E-state index in [9.17, 15) is 9.18 Å². The largest absolute Gasteiger partial charge is 0.478 e. The summed E-state index contributed by atoms with van der Waals surface area (Å²) in [5.41, 5.74) is 1.83. The Morgan fingerprint density at radius 2 is 1.92 bits per heavy atom. The van der Waals surface area contributed by atoms with E-state index in [-0.39, 0.29) is 11.4 Å². The van der Waals surface area contributed by atoms with Crippen LogP contribution in [0.1, 0.15) is 23.0 Å². The molecule has 0 saturated carbocycles. The molecule has 0 fully saturated rings. The van der Waals surface area contributed by atoms with Gasteiger partial charge in [0.2, 0.25) is 0 Å². The maximum absolute atomic E-state index is 14.0. The Balaban J connectivity index is 1.99. The predicted octanol–water partition coefficient (Wildman–Crippen LogP) is 4.29. The summed E-state index contributed by atoms with van der Waals surface area (Å²) in [5, 5.41) is 12.2. The van der Waals surface area contributed by atoms with Crippen LogP contribution in [-0.4, -0.2) is 21.0 Å². The normalized spacial score (nSPS) is 10.5. The van der Waals surface area contributed by atoms with Gasteiger partial charge in [0.05, 0.1) is 11.1 Å². The van der Waals surface area contributed by atoms with Crippen molar-refractivity contribution in [3.05, 3.63) is 71.7 Å². The molecule has 5 nitrogen and oxygen atoms in total. The number of benzene rings is 2. The minimum absolute atomic E-state index is 0.170. The van der Waals surface area contributed by atoms with Crippen molar-refractivity contribution in [3.8, 4) is 11.4 Å². The van der Waals surface area contributed by atoms with Gasteiger partial charge in [-0.05, 0) is 36.8 Å². The van der Waals surface area contributed by atoms with E-state index in [1.807, 2.05) is 6.92 Å². The fourth-order valence-corrected chi connectivity index (χ4v) is 2.38. The quantitative estimate of drug-likeness (QED) is 0.726. The summed E-state index contributed by atoms with van der Waals surface area (Å²) in [5.74, 6) is -0.635. The fraction of sp³-hybridized carbons (Fsp3) is 0.105. The lowest BCUT2D eigenvalue weighted by Crippen LogP contribution is -2.03. The average molecular weight is 337 g/mol. The summed E-state index contributed by atoms with van der Waals surface area (Å²) >= 11 is 0. The number of nitrogens with zero attached hydrogens (tertiary/aromatic N) is 2. The SMILES string of the molecule is CCc1cc(Nc2cccc(C(=O)O)c2)nc(-c2ccccc2F)n1. The van der Waals surface area contributed by atoms with Gasteiger partial charge in [-0.15, -0.1) is 0 Å². The lowest BCUT2D eigenvalue weighted by molar-refractivity contribution is 0.0697. The molecular weight excluding hydrogens is 321 g/mol. The van der Waals surface area contributed by atoms with E-state index in [2.05, 4.69) is 15.3 Å².